The molecule has 0 heterocycles. The predicted molar refractivity (Wildman–Crippen MR) is 117 cm³/mol. The highest BCUT2D eigenvalue weighted by molar-refractivity contribution is 6.49. The molecule has 0 aliphatic carbocycles. The van der Waals surface area contributed by atoms with E-state index in [1.54, 1.807) is 24.3 Å². The molecule has 2 nitrogen and oxygen atoms in total. The van der Waals surface area contributed by atoms with E-state index < -0.39 is 11.6 Å². The molecular weight excluding hydrogens is 344 g/mol. The van der Waals surface area contributed by atoms with Crippen LogP contribution in [-0.4, -0.2) is 11.6 Å². The van der Waals surface area contributed by atoms with Crippen molar-refractivity contribution in [2.45, 2.75) is 78.1 Å². The van der Waals surface area contributed by atoms with Crippen LogP contribution in [0.3, 0.4) is 0 Å². The first-order valence-corrected chi connectivity index (χ1v) is 10.8. The lowest BCUT2D eigenvalue weighted by Gasteiger charge is -2.12. The van der Waals surface area contributed by atoms with Crippen LogP contribution in [0.5, 0.6) is 0 Å². The van der Waals surface area contributed by atoms with E-state index in [0.717, 1.165) is 12.8 Å². The SMILES string of the molecule is CCCCC(C)c1ccc(C(=O)C(=O)c2ccc(C(C)CCCC)cc2)cc1. The Kier molecular flexibility index (Phi) is 8.63. The van der Waals surface area contributed by atoms with Crippen LogP contribution in [0, 0.1) is 0 Å². The molecule has 28 heavy (non-hydrogen) atoms. The summed E-state index contributed by atoms with van der Waals surface area (Å²) in [5, 5.41) is 0. The molecule has 2 atom stereocenters. The number of benzene rings is 2. The maximum absolute atomic E-state index is 12.6. The zero-order valence-corrected chi connectivity index (χ0v) is 17.8. The minimum Gasteiger partial charge on any atom is -0.285 e. The second-order valence-corrected chi connectivity index (χ2v) is 7.99. The Bertz CT molecular complexity index is 689. The molecule has 2 heteroatoms. The van der Waals surface area contributed by atoms with Crippen molar-refractivity contribution in [2.75, 3.05) is 0 Å². The number of ketones is 2. The molecule has 0 aliphatic rings. The van der Waals surface area contributed by atoms with Gasteiger partial charge >= 0.3 is 0 Å². The van der Waals surface area contributed by atoms with Gasteiger partial charge in [0.15, 0.2) is 0 Å². The number of unbranched alkanes of at least 4 members (excludes halogenated alkanes) is 2. The van der Waals surface area contributed by atoms with E-state index in [1.165, 1.54) is 36.8 Å². The van der Waals surface area contributed by atoms with Crippen LogP contribution in [0.1, 0.15) is 110 Å². The molecule has 0 spiro atoms. The molecule has 0 saturated carbocycles. The van der Waals surface area contributed by atoms with Crippen molar-refractivity contribution in [2.24, 2.45) is 0 Å². The summed E-state index contributed by atoms with van der Waals surface area (Å²) in [6.07, 6.45) is 7.06. The standard InChI is InChI=1S/C26H34O2/c1-5-7-9-19(3)21-11-15-23(16-12-21)25(27)26(28)24-17-13-22(14-18-24)20(4)10-8-6-2/h11-20H,5-10H2,1-4H3. The number of hydrogen-bond donors (Lipinski definition) is 0. The van der Waals surface area contributed by atoms with Crippen molar-refractivity contribution in [3.63, 3.8) is 0 Å². The summed E-state index contributed by atoms with van der Waals surface area (Å²) in [5.41, 5.74) is 3.39. The topological polar surface area (TPSA) is 34.1 Å². The van der Waals surface area contributed by atoms with Crippen molar-refractivity contribution in [3.05, 3.63) is 70.8 Å². The summed E-state index contributed by atoms with van der Waals surface area (Å²) in [5.74, 6) is 0.0863. The van der Waals surface area contributed by atoms with Gasteiger partial charge in [0.25, 0.3) is 0 Å². The predicted octanol–water partition coefficient (Wildman–Crippen LogP) is 7.34. The van der Waals surface area contributed by atoms with Crippen LogP contribution >= 0.6 is 0 Å². The Morgan fingerprint density at radius 1 is 0.643 bits per heavy atom. The second kappa shape index (κ2) is 10.9. The smallest absolute Gasteiger partial charge is 0.233 e. The molecule has 0 radical (unpaired) electrons. The van der Waals surface area contributed by atoms with Gasteiger partial charge in [-0.1, -0.05) is 102 Å². The molecule has 0 aliphatic heterocycles. The van der Waals surface area contributed by atoms with Gasteiger partial charge in [0.2, 0.25) is 11.6 Å². The maximum Gasteiger partial charge on any atom is 0.233 e. The summed E-state index contributed by atoms with van der Waals surface area (Å²) >= 11 is 0. The molecule has 2 aromatic carbocycles. The molecular formula is C26H34O2. The van der Waals surface area contributed by atoms with Crippen LogP contribution in [-0.2, 0) is 0 Å². The third-order valence-electron chi connectivity index (χ3n) is 5.67. The molecule has 0 aromatic heterocycles. The number of carbonyl (C=O) groups excluding carboxylic acids is 2. The zero-order chi connectivity index (χ0) is 20.5. The molecule has 0 fully saturated rings. The minimum atomic E-state index is -0.431. The van der Waals surface area contributed by atoms with Crippen molar-refractivity contribution in [3.8, 4) is 0 Å². The maximum atomic E-state index is 12.6. The average Bonchev–Trinajstić information content (AvgIpc) is 2.74. The molecule has 0 bridgehead atoms. The molecule has 0 N–H and O–H groups in total. The largest absolute Gasteiger partial charge is 0.285 e. The van der Waals surface area contributed by atoms with Gasteiger partial charge in [0, 0.05) is 11.1 Å². The lowest BCUT2D eigenvalue weighted by atomic mass is 9.92. The van der Waals surface area contributed by atoms with E-state index >= 15 is 0 Å². The van der Waals surface area contributed by atoms with Crippen molar-refractivity contribution < 1.29 is 9.59 Å². The van der Waals surface area contributed by atoms with Crippen LogP contribution in [0.4, 0.5) is 0 Å². The Labute approximate surface area is 170 Å². The molecule has 0 amide bonds. The minimum absolute atomic E-state index is 0.431. The number of Topliss-reactive ketones (excluding diaryl/α,β-unsaturated/α-hetero) is 2. The highest BCUT2D eigenvalue weighted by atomic mass is 16.2. The van der Waals surface area contributed by atoms with Crippen LogP contribution in [0.2, 0.25) is 0 Å². The van der Waals surface area contributed by atoms with Gasteiger partial charge in [-0.25, -0.2) is 0 Å². The van der Waals surface area contributed by atoms with Gasteiger partial charge in [-0.05, 0) is 35.8 Å². The first-order valence-electron chi connectivity index (χ1n) is 10.8. The van der Waals surface area contributed by atoms with Gasteiger partial charge < -0.3 is 0 Å². The Hall–Kier alpha value is -2.22. The van der Waals surface area contributed by atoms with E-state index in [-0.39, 0.29) is 0 Å². The molecule has 2 unspecified atom stereocenters. The van der Waals surface area contributed by atoms with E-state index in [9.17, 15) is 9.59 Å². The third-order valence-corrected chi connectivity index (χ3v) is 5.67. The Morgan fingerprint density at radius 3 is 1.25 bits per heavy atom. The fraction of sp³-hybridized carbons (Fsp3) is 0.462. The van der Waals surface area contributed by atoms with Crippen LogP contribution in [0.15, 0.2) is 48.5 Å². The lowest BCUT2D eigenvalue weighted by molar-refractivity contribution is 0.0817. The third kappa shape index (κ3) is 5.89. The Balaban J connectivity index is 2.04. The summed E-state index contributed by atoms with van der Waals surface area (Å²) in [6.45, 7) is 8.80. The molecule has 2 aromatic rings. The lowest BCUT2D eigenvalue weighted by Crippen LogP contribution is -2.14. The van der Waals surface area contributed by atoms with Crippen LogP contribution < -0.4 is 0 Å². The van der Waals surface area contributed by atoms with Crippen molar-refractivity contribution >= 4 is 11.6 Å². The second-order valence-electron chi connectivity index (χ2n) is 7.99. The van der Waals surface area contributed by atoms with Crippen molar-refractivity contribution in [1.82, 2.24) is 0 Å². The Morgan fingerprint density at radius 2 is 0.964 bits per heavy atom. The quantitative estimate of drug-likeness (QED) is 0.303. The van der Waals surface area contributed by atoms with E-state index in [1.807, 2.05) is 24.3 Å². The first kappa shape index (κ1) is 22.1. The summed E-state index contributed by atoms with van der Waals surface area (Å²) < 4.78 is 0. The monoisotopic (exact) mass is 378 g/mol. The van der Waals surface area contributed by atoms with E-state index in [4.69, 9.17) is 0 Å². The highest BCUT2D eigenvalue weighted by Gasteiger charge is 2.19. The number of carbonyl (C=O) groups is 2. The summed E-state index contributed by atoms with van der Waals surface area (Å²) in [6, 6.07) is 15.1. The number of hydrogen-bond acceptors (Lipinski definition) is 2. The summed E-state index contributed by atoms with van der Waals surface area (Å²) in [7, 11) is 0. The fourth-order valence-electron chi connectivity index (χ4n) is 3.54. The zero-order valence-electron chi connectivity index (χ0n) is 17.8. The van der Waals surface area contributed by atoms with E-state index in [0.29, 0.717) is 23.0 Å². The first-order chi connectivity index (χ1) is 13.5. The highest BCUT2D eigenvalue weighted by Crippen LogP contribution is 2.24. The van der Waals surface area contributed by atoms with Gasteiger partial charge in [-0.3, -0.25) is 9.59 Å². The number of rotatable bonds is 11. The normalized spacial score (nSPS) is 13.1. The van der Waals surface area contributed by atoms with E-state index in [2.05, 4.69) is 27.7 Å². The molecule has 0 saturated heterocycles. The molecule has 150 valence electrons. The van der Waals surface area contributed by atoms with Gasteiger partial charge in [-0.2, -0.15) is 0 Å². The average molecular weight is 379 g/mol. The summed E-state index contributed by atoms with van der Waals surface area (Å²) in [4.78, 5) is 25.2. The molecule has 2 rings (SSSR count). The van der Waals surface area contributed by atoms with Gasteiger partial charge in [0.1, 0.15) is 0 Å². The van der Waals surface area contributed by atoms with Crippen molar-refractivity contribution in [1.29, 1.82) is 0 Å². The van der Waals surface area contributed by atoms with Gasteiger partial charge in [-0.15, -0.1) is 0 Å². The van der Waals surface area contributed by atoms with Crippen LogP contribution in [0.25, 0.3) is 0 Å². The fourth-order valence-corrected chi connectivity index (χ4v) is 3.54. The van der Waals surface area contributed by atoms with Gasteiger partial charge in [0.05, 0.1) is 0 Å².